The van der Waals surface area contributed by atoms with Crippen molar-refractivity contribution in [3.63, 3.8) is 0 Å². The molecule has 1 atom stereocenters. The molecule has 182 valence electrons. The van der Waals surface area contributed by atoms with Gasteiger partial charge in [0.1, 0.15) is 6.04 Å². The van der Waals surface area contributed by atoms with E-state index >= 15 is 0 Å². The number of hydrogen-bond donors (Lipinski definition) is 3. The Balaban J connectivity index is 0.00000324. The molecule has 7 heteroatoms. The molecule has 3 aromatic rings. The average Bonchev–Trinajstić information content (AvgIpc) is 3.21. The molecular weight excluding hydrogens is 448 g/mol. The molecule has 0 radical (unpaired) electrons. The Labute approximate surface area is 207 Å². The van der Waals surface area contributed by atoms with Gasteiger partial charge < -0.3 is 20.9 Å². The van der Waals surface area contributed by atoms with E-state index in [2.05, 4.69) is 34.6 Å². The van der Waals surface area contributed by atoms with Crippen LogP contribution < -0.4 is 11.1 Å². The molecule has 4 rings (SSSR count). The number of aromatic nitrogens is 1. The highest BCUT2D eigenvalue weighted by Crippen LogP contribution is 2.24. The first-order valence-electron chi connectivity index (χ1n) is 11.8. The van der Waals surface area contributed by atoms with Crippen molar-refractivity contribution < 1.29 is 9.59 Å². The molecule has 1 aromatic heterocycles. The van der Waals surface area contributed by atoms with E-state index in [9.17, 15) is 9.59 Å². The molecule has 4 N–H and O–H groups in total. The summed E-state index contributed by atoms with van der Waals surface area (Å²) in [6.07, 6.45) is 5.33. The van der Waals surface area contributed by atoms with Crippen LogP contribution in [0.4, 0.5) is 0 Å². The fourth-order valence-electron chi connectivity index (χ4n) is 4.59. The molecule has 0 bridgehead atoms. The lowest BCUT2D eigenvalue weighted by Crippen LogP contribution is -2.57. The van der Waals surface area contributed by atoms with Gasteiger partial charge in [0, 0.05) is 36.6 Å². The van der Waals surface area contributed by atoms with Gasteiger partial charge in [-0.3, -0.25) is 9.59 Å². The number of carbonyl (C=O) groups is 2. The third-order valence-corrected chi connectivity index (χ3v) is 6.58. The first kappa shape index (κ1) is 25.8. The maximum absolute atomic E-state index is 13.5. The quantitative estimate of drug-likeness (QED) is 0.478. The number of benzene rings is 2. The van der Waals surface area contributed by atoms with Gasteiger partial charge in [0.05, 0.1) is 5.54 Å². The first-order valence-corrected chi connectivity index (χ1v) is 11.8. The van der Waals surface area contributed by atoms with Crippen molar-refractivity contribution in [1.29, 1.82) is 0 Å². The summed E-state index contributed by atoms with van der Waals surface area (Å²) in [7, 11) is 0. The number of carbonyl (C=O) groups excluding carboxylic acids is 2. The summed E-state index contributed by atoms with van der Waals surface area (Å²) < 4.78 is 0. The van der Waals surface area contributed by atoms with E-state index in [1.807, 2.05) is 41.4 Å². The number of rotatable bonds is 7. The van der Waals surface area contributed by atoms with Gasteiger partial charge in [0.25, 0.3) is 0 Å². The zero-order chi connectivity index (χ0) is 23.4. The number of likely N-dealkylation sites (tertiary alicyclic amines) is 1. The highest BCUT2D eigenvalue weighted by Gasteiger charge is 2.33. The summed E-state index contributed by atoms with van der Waals surface area (Å²) in [6, 6.07) is 17.9. The van der Waals surface area contributed by atoms with E-state index in [1.165, 1.54) is 5.56 Å². The molecule has 2 aromatic carbocycles. The zero-order valence-electron chi connectivity index (χ0n) is 19.9. The van der Waals surface area contributed by atoms with Gasteiger partial charge in [-0.25, -0.2) is 0 Å². The summed E-state index contributed by atoms with van der Waals surface area (Å²) in [4.78, 5) is 31.4. The molecule has 2 amide bonds. The fraction of sp³-hybridized carbons (Fsp3) is 0.407. The van der Waals surface area contributed by atoms with Crippen molar-refractivity contribution in [3.05, 3.63) is 71.9 Å². The standard InChI is InChI=1S/C27H34N4O2.ClH/c1-27(2,28)26(33)30-24(17-21-18-29-23-11-7-6-10-22(21)23)25(32)31-14-12-20(13-15-31)16-19-8-4-3-5-9-19;/h3-11,18,20,24,29H,12-17,28H2,1-2H3,(H,30,33);1H. The van der Waals surface area contributed by atoms with Crippen molar-refractivity contribution in [2.75, 3.05) is 13.1 Å². The minimum atomic E-state index is -1.05. The van der Waals surface area contributed by atoms with Crippen molar-refractivity contribution in [1.82, 2.24) is 15.2 Å². The van der Waals surface area contributed by atoms with Gasteiger partial charge in [-0.1, -0.05) is 48.5 Å². The minimum Gasteiger partial charge on any atom is -0.361 e. The Bertz CT molecular complexity index is 1100. The SMILES string of the molecule is CC(C)(N)C(=O)NC(Cc1c[nH]c2ccccc12)C(=O)N1CCC(Cc2ccccc2)CC1.Cl. The third-order valence-electron chi connectivity index (χ3n) is 6.58. The lowest BCUT2D eigenvalue weighted by molar-refractivity contribution is -0.138. The molecule has 0 saturated carbocycles. The zero-order valence-corrected chi connectivity index (χ0v) is 20.7. The summed E-state index contributed by atoms with van der Waals surface area (Å²) in [5, 5.41) is 4.01. The van der Waals surface area contributed by atoms with E-state index in [-0.39, 0.29) is 24.2 Å². The van der Waals surface area contributed by atoms with Crippen LogP contribution in [0.25, 0.3) is 10.9 Å². The molecule has 1 unspecified atom stereocenters. The van der Waals surface area contributed by atoms with Crippen molar-refractivity contribution in [2.45, 2.75) is 51.1 Å². The second-order valence-corrected chi connectivity index (χ2v) is 9.77. The van der Waals surface area contributed by atoms with Crippen molar-refractivity contribution >= 4 is 35.1 Å². The number of para-hydroxylation sites is 1. The molecule has 1 saturated heterocycles. The van der Waals surface area contributed by atoms with Crippen LogP contribution in [-0.4, -0.2) is 46.4 Å². The number of piperidine rings is 1. The van der Waals surface area contributed by atoms with Gasteiger partial charge in [0.15, 0.2) is 0 Å². The van der Waals surface area contributed by atoms with Crippen LogP contribution in [0.2, 0.25) is 0 Å². The van der Waals surface area contributed by atoms with Crippen LogP contribution in [-0.2, 0) is 22.4 Å². The number of H-pyrrole nitrogens is 1. The van der Waals surface area contributed by atoms with Crippen molar-refractivity contribution in [2.24, 2.45) is 11.7 Å². The monoisotopic (exact) mass is 482 g/mol. The molecule has 1 aliphatic heterocycles. The summed E-state index contributed by atoms with van der Waals surface area (Å²) in [5.41, 5.74) is 8.34. The Hall–Kier alpha value is -2.83. The minimum absolute atomic E-state index is 0. The number of halogens is 1. The number of nitrogens with zero attached hydrogens (tertiary/aromatic N) is 1. The lowest BCUT2D eigenvalue weighted by atomic mass is 9.89. The van der Waals surface area contributed by atoms with E-state index in [0.29, 0.717) is 25.4 Å². The third kappa shape index (κ3) is 6.19. The second-order valence-electron chi connectivity index (χ2n) is 9.77. The fourth-order valence-corrected chi connectivity index (χ4v) is 4.59. The largest absolute Gasteiger partial charge is 0.361 e. The molecule has 6 nitrogen and oxygen atoms in total. The number of amides is 2. The number of fused-ring (bicyclic) bond motifs is 1. The summed E-state index contributed by atoms with van der Waals surface area (Å²) in [5.74, 6) is 0.219. The normalized spacial score (nSPS) is 15.6. The number of nitrogens with one attached hydrogen (secondary N) is 2. The van der Waals surface area contributed by atoms with E-state index in [1.54, 1.807) is 13.8 Å². The molecule has 2 heterocycles. The summed E-state index contributed by atoms with van der Waals surface area (Å²) >= 11 is 0. The van der Waals surface area contributed by atoms with E-state index in [0.717, 1.165) is 35.7 Å². The van der Waals surface area contributed by atoms with Gasteiger partial charge in [-0.2, -0.15) is 0 Å². The number of aromatic amines is 1. The van der Waals surface area contributed by atoms with Gasteiger partial charge in [0.2, 0.25) is 11.8 Å². The highest BCUT2D eigenvalue weighted by atomic mass is 35.5. The van der Waals surface area contributed by atoms with E-state index < -0.39 is 11.6 Å². The van der Waals surface area contributed by atoms with Crippen LogP contribution >= 0.6 is 12.4 Å². The predicted molar refractivity (Wildman–Crippen MR) is 139 cm³/mol. The van der Waals surface area contributed by atoms with Crippen molar-refractivity contribution in [3.8, 4) is 0 Å². The number of nitrogens with two attached hydrogens (primary N) is 1. The molecule has 0 aliphatic carbocycles. The van der Waals surface area contributed by atoms with Crippen LogP contribution in [0, 0.1) is 5.92 Å². The lowest BCUT2D eigenvalue weighted by Gasteiger charge is -2.35. The van der Waals surface area contributed by atoms with Crippen LogP contribution in [0.3, 0.4) is 0 Å². The van der Waals surface area contributed by atoms with Gasteiger partial charge in [-0.15, -0.1) is 12.4 Å². The molecule has 1 aliphatic rings. The average molecular weight is 483 g/mol. The number of hydrogen-bond acceptors (Lipinski definition) is 3. The Kier molecular flexibility index (Phi) is 8.39. The summed E-state index contributed by atoms with van der Waals surface area (Å²) in [6.45, 7) is 4.74. The Morgan fingerprint density at radius 2 is 1.74 bits per heavy atom. The maximum Gasteiger partial charge on any atom is 0.245 e. The molecular formula is C27H35ClN4O2. The van der Waals surface area contributed by atoms with Gasteiger partial charge in [-0.05, 0) is 56.2 Å². The maximum atomic E-state index is 13.5. The van der Waals surface area contributed by atoms with Crippen LogP contribution in [0.5, 0.6) is 0 Å². The van der Waals surface area contributed by atoms with Gasteiger partial charge >= 0.3 is 0 Å². The van der Waals surface area contributed by atoms with Crippen LogP contribution in [0.1, 0.15) is 37.8 Å². The molecule has 1 fully saturated rings. The predicted octanol–water partition coefficient (Wildman–Crippen LogP) is 3.84. The van der Waals surface area contributed by atoms with E-state index in [4.69, 9.17) is 5.73 Å². The Morgan fingerprint density at radius 3 is 2.41 bits per heavy atom. The highest BCUT2D eigenvalue weighted by molar-refractivity contribution is 5.92. The smallest absolute Gasteiger partial charge is 0.245 e. The molecule has 34 heavy (non-hydrogen) atoms. The van der Waals surface area contributed by atoms with Crippen LogP contribution in [0.15, 0.2) is 60.8 Å². The topological polar surface area (TPSA) is 91.2 Å². The first-order chi connectivity index (χ1) is 15.8. The second kappa shape index (κ2) is 11.1. The molecule has 0 spiro atoms. The Morgan fingerprint density at radius 1 is 1.09 bits per heavy atom.